The number of aryl methyl sites for hydroxylation is 1. The molecule has 1 spiro atoms. The Kier molecular flexibility index (Phi) is 7.87. The monoisotopic (exact) mass is 619 g/mol. The number of nitrogens with zero attached hydrogens (tertiary/aromatic N) is 3. The van der Waals surface area contributed by atoms with E-state index in [-0.39, 0.29) is 17.7 Å². The van der Waals surface area contributed by atoms with Gasteiger partial charge in [0.25, 0.3) is 5.91 Å². The van der Waals surface area contributed by atoms with Gasteiger partial charge in [-0.2, -0.15) is 5.10 Å². The summed E-state index contributed by atoms with van der Waals surface area (Å²) in [7, 11) is 1.76. The van der Waals surface area contributed by atoms with E-state index in [0.29, 0.717) is 63.5 Å². The Labute approximate surface area is 266 Å². The molecular formula is C35H37N7O4. The number of fused-ring (bicyclic) bond motifs is 3. The Morgan fingerprint density at radius 1 is 1.04 bits per heavy atom. The fourth-order valence-electron chi connectivity index (χ4n) is 6.89. The maximum absolute atomic E-state index is 13.8. The third kappa shape index (κ3) is 5.56. The number of aromatic amines is 1. The second-order valence-electron chi connectivity index (χ2n) is 12.5. The van der Waals surface area contributed by atoms with Crippen LogP contribution in [0.2, 0.25) is 0 Å². The average molecular weight is 620 g/mol. The van der Waals surface area contributed by atoms with Crippen molar-refractivity contribution in [2.24, 2.45) is 0 Å². The summed E-state index contributed by atoms with van der Waals surface area (Å²) in [5.74, 6) is -0.00751. The van der Waals surface area contributed by atoms with Gasteiger partial charge in [0.1, 0.15) is 11.9 Å². The molecule has 0 fully saturated rings. The van der Waals surface area contributed by atoms with Gasteiger partial charge < -0.3 is 25.6 Å². The summed E-state index contributed by atoms with van der Waals surface area (Å²) in [6.07, 6.45) is 8.73. The van der Waals surface area contributed by atoms with E-state index in [1.165, 1.54) is 0 Å². The van der Waals surface area contributed by atoms with E-state index in [1.807, 2.05) is 49.4 Å². The van der Waals surface area contributed by atoms with Crippen molar-refractivity contribution in [3.63, 3.8) is 0 Å². The molecule has 7 rings (SSSR count). The van der Waals surface area contributed by atoms with Gasteiger partial charge >= 0.3 is 0 Å². The number of pyridine rings is 1. The molecule has 1 aliphatic carbocycles. The van der Waals surface area contributed by atoms with Crippen molar-refractivity contribution in [2.75, 3.05) is 45.2 Å². The van der Waals surface area contributed by atoms with Crippen LogP contribution in [-0.4, -0.2) is 83.7 Å². The maximum atomic E-state index is 13.8. The Morgan fingerprint density at radius 3 is 2.80 bits per heavy atom. The van der Waals surface area contributed by atoms with Gasteiger partial charge in [-0.15, -0.1) is 0 Å². The molecule has 0 radical (unpaired) electrons. The summed E-state index contributed by atoms with van der Waals surface area (Å²) in [4.78, 5) is 47.3. The SMILES string of the molecule is Cc1cc(C[C@H]2NC(=O)c3ccc4c(c3)C[C@]3(C4)C(=O)Nc4ncc(cc43)/C=C\COCCNCCN(C)C2=O)cc2cn[nH]c12. The predicted octanol–water partition coefficient (Wildman–Crippen LogP) is 2.69. The van der Waals surface area contributed by atoms with E-state index in [2.05, 4.69) is 31.1 Å². The molecule has 2 aromatic carbocycles. The lowest BCUT2D eigenvalue weighted by Crippen LogP contribution is -2.49. The topological polar surface area (TPSA) is 141 Å². The largest absolute Gasteiger partial charge is 0.376 e. The average Bonchev–Trinajstić information content (AvgIpc) is 3.75. The first-order valence-corrected chi connectivity index (χ1v) is 15.7. The maximum Gasteiger partial charge on any atom is 0.251 e. The van der Waals surface area contributed by atoms with E-state index < -0.39 is 11.5 Å². The van der Waals surface area contributed by atoms with Crippen LogP contribution in [0.25, 0.3) is 17.0 Å². The van der Waals surface area contributed by atoms with Crippen LogP contribution in [0, 0.1) is 6.92 Å². The highest BCUT2D eigenvalue weighted by molar-refractivity contribution is 6.06. The molecule has 11 nitrogen and oxygen atoms in total. The molecule has 0 saturated carbocycles. The van der Waals surface area contributed by atoms with Crippen LogP contribution in [0.1, 0.15) is 43.7 Å². The lowest BCUT2D eigenvalue weighted by Gasteiger charge is -2.25. The molecule has 0 saturated heterocycles. The Bertz CT molecular complexity index is 1880. The first-order chi connectivity index (χ1) is 22.3. The molecule has 2 aliphatic heterocycles. The fraction of sp³-hybridized carbons (Fsp3) is 0.343. The second-order valence-corrected chi connectivity index (χ2v) is 12.5. The van der Waals surface area contributed by atoms with Crippen molar-refractivity contribution < 1.29 is 19.1 Å². The summed E-state index contributed by atoms with van der Waals surface area (Å²) in [5.41, 5.74) is 6.30. The predicted molar refractivity (Wildman–Crippen MR) is 175 cm³/mol. The van der Waals surface area contributed by atoms with Crippen LogP contribution in [0.4, 0.5) is 5.82 Å². The molecule has 3 amide bonds. The number of carbonyl (C=O) groups excluding carboxylic acids is 3. The van der Waals surface area contributed by atoms with Crippen molar-refractivity contribution >= 4 is 40.5 Å². The quantitative estimate of drug-likeness (QED) is 0.270. The number of anilines is 1. The van der Waals surface area contributed by atoms with Gasteiger partial charge in [0.15, 0.2) is 0 Å². The number of benzene rings is 2. The Morgan fingerprint density at radius 2 is 1.91 bits per heavy atom. The van der Waals surface area contributed by atoms with Crippen LogP contribution in [0.15, 0.2) is 54.9 Å². The molecule has 4 N–H and O–H groups in total. The fourth-order valence-corrected chi connectivity index (χ4v) is 6.89. The molecule has 46 heavy (non-hydrogen) atoms. The van der Waals surface area contributed by atoms with Crippen LogP contribution in [0.3, 0.4) is 0 Å². The van der Waals surface area contributed by atoms with E-state index in [9.17, 15) is 14.4 Å². The highest BCUT2D eigenvalue weighted by Crippen LogP contribution is 2.47. The van der Waals surface area contributed by atoms with Gasteiger partial charge in [-0.25, -0.2) is 4.98 Å². The summed E-state index contributed by atoms with van der Waals surface area (Å²) in [6.45, 7) is 4.65. The van der Waals surface area contributed by atoms with Gasteiger partial charge in [-0.05, 0) is 71.8 Å². The summed E-state index contributed by atoms with van der Waals surface area (Å²) in [6, 6.07) is 10.8. The minimum Gasteiger partial charge on any atom is -0.376 e. The normalized spacial score (nSPS) is 22.8. The standard InChI is InChI=1S/C35H37N7O4/c1-21-12-23(13-27-20-38-41-30(21)27)15-29-33(44)42(2)9-7-36-8-11-46-10-3-4-22-14-28-31(37-19-22)40-34(45)35(28)17-25-6-5-24(32(43)39-29)16-26(25)18-35/h3-6,12-14,16,19-20,29,36H,7-11,15,17-18H2,1-2H3,(H,38,41)(H,39,43)(H,37,40,45)/b4-3-/t29-,35+/m1/s1. The highest BCUT2D eigenvalue weighted by atomic mass is 16.5. The second kappa shape index (κ2) is 12.1. The molecule has 2 aromatic heterocycles. The Hall–Kier alpha value is -4.87. The number of amides is 3. The lowest BCUT2D eigenvalue weighted by molar-refractivity contribution is -0.131. The zero-order chi connectivity index (χ0) is 31.8. The molecule has 11 heteroatoms. The number of H-pyrrole nitrogens is 1. The molecular weight excluding hydrogens is 582 g/mol. The third-order valence-electron chi connectivity index (χ3n) is 9.34. The molecule has 236 valence electrons. The van der Waals surface area contributed by atoms with Crippen LogP contribution in [-0.2, 0) is 39.0 Å². The van der Waals surface area contributed by atoms with Crippen molar-refractivity contribution in [1.29, 1.82) is 0 Å². The summed E-state index contributed by atoms with van der Waals surface area (Å²) >= 11 is 0. The number of rotatable bonds is 2. The molecule has 3 aliphatic rings. The highest BCUT2D eigenvalue weighted by Gasteiger charge is 2.51. The zero-order valence-electron chi connectivity index (χ0n) is 26.0. The first-order valence-electron chi connectivity index (χ1n) is 15.7. The van der Waals surface area contributed by atoms with E-state index in [1.54, 1.807) is 30.4 Å². The van der Waals surface area contributed by atoms with Gasteiger partial charge in [0.05, 0.1) is 30.3 Å². The number of hydrogen-bond donors (Lipinski definition) is 4. The number of likely N-dealkylation sites (N-methyl/N-ethyl adjacent to an activating group) is 1. The summed E-state index contributed by atoms with van der Waals surface area (Å²) < 4.78 is 5.76. The van der Waals surface area contributed by atoms with E-state index in [0.717, 1.165) is 44.3 Å². The van der Waals surface area contributed by atoms with E-state index in [4.69, 9.17) is 4.74 Å². The molecule has 5 bridgehead atoms. The van der Waals surface area contributed by atoms with Crippen LogP contribution in [0.5, 0.6) is 0 Å². The van der Waals surface area contributed by atoms with Crippen LogP contribution >= 0.6 is 0 Å². The minimum absolute atomic E-state index is 0.0813. The zero-order valence-corrected chi connectivity index (χ0v) is 26.0. The van der Waals surface area contributed by atoms with Gasteiger partial charge in [0.2, 0.25) is 11.8 Å². The molecule has 4 aromatic rings. The summed E-state index contributed by atoms with van der Waals surface area (Å²) in [5, 5.41) is 17.5. The molecule has 0 unspecified atom stereocenters. The van der Waals surface area contributed by atoms with Crippen molar-refractivity contribution in [3.05, 3.63) is 93.8 Å². The van der Waals surface area contributed by atoms with Gasteiger partial charge in [-0.3, -0.25) is 19.5 Å². The number of nitrogens with one attached hydrogen (secondary N) is 4. The van der Waals surface area contributed by atoms with Crippen molar-refractivity contribution in [3.8, 4) is 0 Å². The Balaban J connectivity index is 1.20. The van der Waals surface area contributed by atoms with Crippen molar-refractivity contribution in [2.45, 2.75) is 37.6 Å². The number of aromatic nitrogens is 3. The van der Waals surface area contributed by atoms with Gasteiger partial charge in [-0.1, -0.05) is 24.3 Å². The number of hydrogen-bond acceptors (Lipinski definition) is 7. The van der Waals surface area contributed by atoms with Crippen LogP contribution < -0.4 is 16.0 Å². The third-order valence-corrected chi connectivity index (χ3v) is 9.34. The number of carbonyl (C=O) groups is 3. The van der Waals surface area contributed by atoms with Gasteiger partial charge in [0, 0.05) is 55.8 Å². The minimum atomic E-state index is -0.786. The van der Waals surface area contributed by atoms with Crippen molar-refractivity contribution in [1.82, 2.24) is 30.7 Å². The smallest absolute Gasteiger partial charge is 0.251 e. The molecule has 4 heterocycles. The lowest BCUT2D eigenvalue weighted by atomic mass is 9.79. The molecule has 2 atom stereocenters. The number of ether oxygens (including phenoxy) is 1. The van der Waals surface area contributed by atoms with E-state index >= 15 is 0 Å². The first kappa shape index (κ1) is 29.8.